The Hall–Kier alpha value is -4.60. The van der Waals surface area contributed by atoms with E-state index < -0.39 is 7.12 Å². The SMILES string of the molecule is C=CCCBr.C=CCCOc1cccc(-c2ccnc(Cl)n2)c1.Clc1ccnc(Cl)n1.OB(O)c1cccc(O)c1.Oc1cccc(-c2ccnc(Cl)n2)c1. The van der Waals surface area contributed by atoms with Gasteiger partial charge in [0.25, 0.3) is 0 Å². The maximum atomic E-state index is 9.27. The fraction of sp³-hybridized carbons (Fsp3) is 0.105. The van der Waals surface area contributed by atoms with Crippen molar-refractivity contribution >= 4 is 74.9 Å². The molecule has 286 valence electrons. The molecular formula is C38H36BBrCl4N6O5. The molecule has 0 fully saturated rings. The number of phenols is 2. The molecule has 6 rings (SSSR count). The number of benzene rings is 3. The summed E-state index contributed by atoms with van der Waals surface area (Å²) >= 11 is 25.4. The molecule has 0 amide bonds. The van der Waals surface area contributed by atoms with Gasteiger partial charge in [-0.2, -0.15) is 0 Å². The smallest absolute Gasteiger partial charge is 0.488 e. The Morgan fingerprint density at radius 2 is 1.15 bits per heavy atom. The average Bonchev–Trinajstić information content (AvgIpc) is 3.16. The van der Waals surface area contributed by atoms with E-state index in [0.717, 1.165) is 40.7 Å². The summed E-state index contributed by atoms with van der Waals surface area (Å²) in [5, 5.41) is 37.3. The zero-order chi connectivity index (χ0) is 40.4. The maximum absolute atomic E-state index is 9.27. The summed E-state index contributed by atoms with van der Waals surface area (Å²) in [6.45, 7) is 7.80. The number of hydrogen-bond acceptors (Lipinski definition) is 11. The van der Waals surface area contributed by atoms with Crippen LogP contribution in [0.5, 0.6) is 17.2 Å². The number of aromatic nitrogens is 6. The minimum absolute atomic E-state index is 0.0330. The Morgan fingerprint density at radius 1 is 0.636 bits per heavy atom. The number of ether oxygens (including phenoxy) is 1. The van der Waals surface area contributed by atoms with Gasteiger partial charge in [-0.15, -0.1) is 13.2 Å². The lowest BCUT2D eigenvalue weighted by Crippen LogP contribution is -2.29. The zero-order valence-corrected chi connectivity index (χ0v) is 33.7. The van der Waals surface area contributed by atoms with Crippen LogP contribution in [0.2, 0.25) is 21.0 Å². The van der Waals surface area contributed by atoms with Crippen molar-refractivity contribution in [2.75, 3.05) is 11.9 Å². The maximum Gasteiger partial charge on any atom is 0.488 e. The van der Waals surface area contributed by atoms with Crippen molar-refractivity contribution in [2.45, 2.75) is 12.8 Å². The van der Waals surface area contributed by atoms with Gasteiger partial charge in [0.05, 0.1) is 18.0 Å². The molecule has 0 saturated heterocycles. The summed E-state index contributed by atoms with van der Waals surface area (Å²) in [4.78, 5) is 23.0. The van der Waals surface area contributed by atoms with Crippen LogP contribution in [0.3, 0.4) is 0 Å². The fourth-order valence-electron chi connectivity index (χ4n) is 3.74. The molecule has 0 saturated carbocycles. The van der Waals surface area contributed by atoms with Crippen molar-refractivity contribution in [3.8, 4) is 39.8 Å². The highest BCUT2D eigenvalue weighted by Crippen LogP contribution is 2.23. The molecule has 3 heterocycles. The average molecular weight is 889 g/mol. The number of phenolic OH excluding ortho intramolecular Hbond substituents is 2. The Bertz CT molecular complexity index is 1990. The lowest BCUT2D eigenvalue weighted by atomic mass is 9.80. The number of nitrogens with zero attached hydrogens (tertiary/aromatic N) is 6. The van der Waals surface area contributed by atoms with Crippen molar-refractivity contribution in [1.29, 1.82) is 0 Å². The molecule has 17 heteroatoms. The van der Waals surface area contributed by atoms with E-state index >= 15 is 0 Å². The third kappa shape index (κ3) is 20.1. The van der Waals surface area contributed by atoms with Crippen LogP contribution in [0.4, 0.5) is 0 Å². The minimum Gasteiger partial charge on any atom is -0.508 e. The van der Waals surface area contributed by atoms with Crippen LogP contribution in [-0.4, -0.2) is 69.2 Å². The van der Waals surface area contributed by atoms with Gasteiger partial charge in [-0.05, 0) is 108 Å². The molecule has 0 radical (unpaired) electrons. The molecule has 6 aromatic rings. The van der Waals surface area contributed by atoms with Gasteiger partial charge < -0.3 is 25.0 Å². The van der Waals surface area contributed by atoms with Crippen molar-refractivity contribution in [1.82, 2.24) is 29.9 Å². The third-order valence-electron chi connectivity index (χ3n) is 6.19. The number of rotatable bonds is 9. The molecule has 0 aliphatic rings. The summed E-state index contributed by atoms with van der Waals surface area (Å²) in [6, 6.07) is 25.5. The highest BCUT2D eigenvalue weighted by atomic mass is 79.9. The zero-order valence-electron chi connectivity index (χ0n) is 29.1. The van der Waals surface area contributed by atoms with Crippen molar-refractivity contribution in [3.63, 3.8) is 0 Å². The third-order valence-corrected chi connectivity index (χ3v) is 7.40. The Balaban J connectivity index is 0.000000252. The van der Waals surface area contributed by atoms with Crippen molar-refractivity contribution in [2.24, 2.45) is 0 Å². The van der Waals surface area contributed by atoms with Crippen LogP contribution in [-0.2, 0) is 0 Å². The van der Waals surface area contributed by atoms with Crippen LogP contribution < -0.4 is 10.2 Å². The first-order valence-electron chi connectivity index (χ1n) is 16.0. The second-order valence-electron chi connectivity index (χ2n) is 10.3. The number of halogens is 5. The quantitative estimate of drug-likeness (QED) is 0.0273. The van der Waals surface area contributed by atoms with Gasteiger partial charge in [0.2, 0.25) is 15.9 Å². The normalized spacial score (nSPS) is 9.58. The minimum atomic E-state index is -1.51. The van der Waals surface area contributed by atoms with E-state index in [2.05, 4.69) is 59.0 Å². The first-order chi connectivity index (χ1) is 26.4. The first kappa shape index (κ1) is 46.6. The Morgan fingerprint density at radius 3 is 1.56 bits per heavy atom. The van der Waals surface area contributed by atoms with Gasteiger partial charge in [0.1, 0.15) is 22.4 Å². The van der Waals surface area contributed by atoms with Gasteiger partial charge >= 0.3 is 7.12 Å². The topological polar surface area (TPSA) is 167 Å². The number of alkyl halides is 1. The van der Waals surface area contributed by atoms with Gasteiger partial charge in [-0.25, -0.2) is 29.9 Å². The van der Waals surface area contributed by atoms with E-state index in [4.69, 9.17) is 66.3 Å². The standard InChI is InChI=1S/C14H13ClN2O.C10H7ClN2O.C6H7BO3.C4H7Br.C4H2Cl2N2/c1-2-3-9-18-12-6-4-5-11(10-12)13-7-8-16-14(15)17-13;11-10-12-5-4-9(13-10)7-2-1-3-8(14)6-7;8-6-3-1-2-5(4-6)7(9)10;1-2-3-4-5;5-3-1-2-7-4(6)8-3/h2,4-8,10H,1,3,9H2;1-6,14H;1-4,8-10H;2H,1,3-4H2;1-2H. The van der Waals surface area contributed by atoms with E-state index in [1.165, 1.54) is 24.4 Å². The molecule has 0 atom stereocenters. The molecule has 0 aliphatic heterocycles. The van der Waals surface area contributed by atoms with Crippen LogP contribution in [0.15, 0.2) is 135 Å². The molecule has 3 aromatic carbocycles. The van der Waals surface area contributed by atoms with Crippen molar-refractivity contribution < 1.29 is 25.0 Å². The Labute approximate surface area is 348 Å². The van der Waals surface area contributed by atoms with E-state index in [9.17, 15) is 5.11 Å². The van der Waals surface area contributed by atoms with Gasteiger partial charge in [-0.3, -0.25) is 0 Å². The first-order valence-corrected chi connectivity index (χ1v) is 18.7. The number of aromatic hydroxyl groups is 2. The van der Waals surface area contributed by atoms with Crippen LogP contribution in [0.25, 0.3) is 22.5 Å². The predicted octanol–water partition coefficient (Wildman–Crippen LogP) is 9.07. The molecule has 4 N–H and O–H groups in total. The monoisotopic (exact) mass is 886 g/mol. The van der Waals surface area contributed by atoms with Gasteiger partial charge in [-0.1, -0.05) is 76.1 Å². The largest absolute Gasteiger partial charge is 0.508 e. The van der Waals surface area contributed by atoms with E-state index in [1.54, 1.807) is 48.8 Å². The van der Waals surface area contributed by atoms with Crippen LogP contribution in [0.1, 0.15) is 12.8 Å². The lowest BCUT2D eigenvalue weighted by molar-refractivity contribution is 0.325. The molecule has 55 heavy (non-hydrogen) atoms. The number of hydrogen-bond donors (Lipinski definition) is 4. The van der Waals surface area contributed by atoms with Gasteiger partial charge in [0.15, 0.2) is 0 Å². The van der Waals surface area contributed by atoms with E-state index in [0.29, 0.717) is 22.9 Å². The molecular weight excluding hydrogens is 853 g/mol. The highest BCUT2D eigenvalue weighted by Gasteiger charge is 2.09. The van der Waals surface area contributed by atoms with Crippen LogP contribution >= 0.6 is 62.3 Å². The summed E-state index contributed by atoms with van der Waals surface area (Å²) in [6.07, 6.45) is 10.3. The predicted molar refractivity (Wildman–Crippen MR) is 226 cm³/mol. The molecule has 3 aromatic heterocycles. The second kappa shape index (κ2) is 27.1. The van der Waals surface area contributed by atoms with E-state index in [1.807, 2.05) is 48.6 Å². The Kier molecular flexibility index (Phi) is 22.9. The summed E-state index contributed by atoms with van der Waals surface area (Å²) in [5.74, 6) is 1.05. The van der Waals surface area contributed by atoms with Crippen LogP contribution in [0, 0.1) is 0 Å². The second-order valence-corrected chi connectivity index (χ2v) is 12.5. The molecule has 0 aliphatic carbocycles. The lowest BCUT2D eigenvalue weighted by Gasteiger charge is -2.06. The summed E-state index contributed by atoms with van der Waals surface area (Å²) in [7, 11) is -1.51. The molecule has 0 unspecified atom stereocenters. The molecule has 11 nitrogen and oxygen atoms in total. The summed E-state index contributed by atoms with van der Waals surface area (Å²) in [5.41, 5.74) is 3.54. The number of allylic oxidation sites excluding steroid dienone is 1. The highest BCUT2D eigenvalue weighted by molar-refractivity contribution is 9.09. The van der Waals surface area contributed by atoms with E-state index in [-0.39, 0.29) is 27.3 Å². The molecule has 0 bridgehead atoms. The summed E-state index contributed by atoms with van der Waals surface area (Å²) < 4.78 is 5.59. The van der Waals surface area contributed by atoms with Crippen molar-refractivity contribution in [3.05, 3.63) is 156 Å². The molecule has 0 spiro atoms. The van der Waals surface area contributed by atoms with Gasteiger partial charge in [0, 0.05) is 35.0 Å². The fourth-order valence-corrected chi connectivity index (χ4v) is 4.68.